The van der Waals surface area contributed by atoms with Gasteiger partial charge in [0.25, 0.3) is 5.91 Å². The van der Waals surface area contributed by atoms with Crippen molar-refractivity contribution in [1.29, 1.82) is 0 Å². The van der Waals surface area contributed by atoms with Crippen molar-refractivity contribution in [2.75, 3.05) is 19.7 Å². The second-order valence-electron chi connectivity index (χ2n) is 7.33. The summed E-state index contributed by atoms with van der Waals surface area (Å²) in [5, 5.41) is 0. The largest absolute Gasteiger partial charge is 0.472 e. The van der Waals surface area contributed by atoms with E-state index < -0.39 is 17.6 Å². The van der Waals surface area contributed by atoms with Crippen LogP contribution in [-0.4, -0.2) is 45.9 Å². The van der Waals surface area contributed by atoms with Crippen LogP contribution in [-0.2, 0) is 15.7 Å². The zero-order valence-corrected chi connectivity index (χ0v) is 16.7. The standard InChI is InChI=1S/C21H20F3N3O4/c1-2-31-20(29)13-3-6-26(7-4-13)19(28)17-11-27-10-15(14-5-8-30-12-14)9-16(18(27)25-17)21(22,23)24/h5,8-13H,2-4,6-7H2,1H3. The van der Waals surface area contributed by atoms with Crippen LogP contribution in [0.5, 0.6) is 0 Å². The number of amides is 1. The molecule has 1 aliphatic heterocycles. The van der Waals surface area contributed by atoms with E-state index in [1.54, 1.807) is 13.0 Å². The summed E-state index contributed by atoms with van der Waals surface area (Å²) in [6.07, 6.45) is 1.73. The Hall–Kier alpha value is -3.30. The van der Waals surface area contributed by atoms with Crippen LogP contribution in [0.25, 0.3) is 16.8 Å². The van der Waals surface area contributed by atoms with Gasteiger partial charge in [0.05, 0.1) is 30.6 Å². The van der Waals surface area contributed by atoms with Gasteiger partial charge in [-0.05, 0) is 31.9 Å². The molecule has 0 spiro atoms. The summed E-state index contributed by atoms with van der Waals surface area (Å²) in [6.45, 7) is 2.64. The molecule has 0 atom stereocenters. The SMILES string of the molecule is CCOC(=O)C1CCN(C(=O)c2cn3cc(-c4ccoc4)cc(C(F)(F)F)c3n2)CC1. The van der Waals surface area contributed by atoms with Crippen molar-refractivity contribution in [2.24, 2.45) is 5.92 Å². The van der Waals surface area contributed by atoms with Crippen LogP contribution in [0.3, 0.4) is 0 Å². The maximum Gasteiger partial charge on any atom is 0.420 e. The second-order valence-corrected chi connectivity index (χ2v) is 7.33. The number of alkyl halides is 3. The normalized spacial score (nSPS) is 15.4. The van der Waals surface area contributed by atoms with Gasteiger partial charge in [0, 0.05) is 36.6 Å². The van der Waals surface area contributed by atoms with Crippen molar-refractivity contribution in [3.8, 4) is 11.1 Å². The lowest BCUT2D eigenvalue weighted by Crippen LogP contribution is -2.40. The number of fused-ring (bicyclic) bond motifs is 1. The van der Waals surface area contributed by atoms with E-state index in [-0.39, 0.29) is 23.2 Å². The molecule has 0 radical (unpaired) electrons. The van der Waals surface area contributed by atoms with E-state index in [1.807, 2.05) is 0 Å². The van der Waals surface area contributed by atoms with Crippen molar-refractivity contribution >= 4 is 17.5 Å². The molecule has 4 heterocycles. The minimum absolute atomic E-state index is 0.0792. The highest BCUT2D eigenvalue weighted by atomic mass is 19.4. The number of carbonyl (C=O) groups excluding carboxylic acids is 2. The lowest BCUT2D eigenvalue weighted by Gasteiger charge is -2.30. The van der Waals surface area contributed by atoms with E-state index in [9.17, 15) is 22.8 Å². The van der Waals surface area contributed by atoms with Crippen LogP contribution in [0.2, 0.25) is 0 Å². The molecule has 0 saturated carbocycles. The molecule has 3 aromatic rings. The second kappa shape index (κ2) is 8.09. The number of imidazole rings is 1. The molecule has 0 N–H and O–H groups in total. The smallest absolute Gasteiger partial charge is 0.420 e. The molecule has 0 aliphatic carbocycles. The quantitative estimate of drug-likeness (QED) is 0.579. The molecule has 1 saturated heterocycles. The predicted octanol–water partition coefficient (Wildman–Crippen LogP) is 4.03. The molecular formula is C21H20F3N3O4. The van der Waals surface area contributed by atoms with Crippen LogP contribution in [0.15, 0.2) is 41.5 Å². The zero-order valence-electron chi connectivity index (χ0n) is 16.7. The number of furan rings is 1. The molecule has 0 bridgehead atoms. The number of hydrogen-bond donors (Lipinski definition) is 0. The minimum atomic E-state index is -4.65. The zero-order chi connectivity index (χ0) is 22.2. The number of halogens is 3. The monoisotopic (exact) mass is 435 g/mol. The molecule has 0 unspecified atom stereocenters. The molecule has 7 nitrogen and oxygen atoms in total. The van der Waals surface area contributed by atoms with Crippen molar-refractivity contribution in [3.63, 3.8) is 0 Å². The number of piperidine rings is 1. The van der Waals surface area contributed by atoms with Crippen molar-refractivity contribution in [1.82, 2.24) is 14.3 Å². The van der Waals surface area contributed by atoms with Gasteiger partial charge in [-0.3, -0.25) is 9.59 Å². The molecule has 10 heteroatoms. The van der Waals surface area contributed by atoms with E-state index >= 15 is 0 Å². The van der Waals surface area contributed by atoms with Gasteiger partial charge in [0.2, 0.25) is 0 Å². The number of carbonyl (C=O) groups is 2. The fraction of sp³-hybridized carbons (Fsp3) is 0.381. The Morgan fingerprint density at radius 3 is 2.58 bits per heavy atom. The maximum atomic E-state index is 13.7. The first-order chi connectivity index (χ1) is 14.8. The number of esters is 1. The summed E-state index contributed by atoms with van der Waals surface area (Å²) in [6, 6.07) is 2.55. The minimum Gasteiger partial charge on any atom is -0.472 e. The lowest BCUT2D eigenvalue weighted by molar-refractivity contribution is -0.149. The summed E-state index contributed by atoms with van der Waals surface area (Å²) in [4.78, 5) is 30.3. The summed E-state index contributed by atoms with van der Waals surface area (Å²) >= 11 is 0. The van der Waals surface area contributed by atoms with Crippen LogP contribution >= 0.6 is 0 Å². The molecule has 0 aromatic carbocycles. The molecule has 4 rings (SSSR count). The highest BCUT2D eigenvalue weighted by molar-refractivity contribution is 5.93. The summed E-state index contributed by atoms with van der Waals surface area (Å²) in [5.74, 6) is -1.03. The van der Waals surface area contributed by atoms with Gasteiger partial charge >= 0.3 is 12.1 Å². The predicted molar refractivity (Wildman–Crippen MR) is 103 cm³/mol. The van der Waals surface area contributed by atoms with E-state index in [4.69, 9.17) is 9.15 Å². The first kappa shape index (κ1) is 21.0. The van der Waals surface area contributed by atoms with Crippen LogP contribution in [0, 0.1) is 5.92 Å². The van der Waals surface area contributed by atoms with Crippen LogP contribution < -0.4 is 0 Å². The van der Waals surface area contributed by atoms with Crippen LogP contribution in [0.1, 0.15) is 35.8 Å². The van der Waals surface area contributed by atoms with Crippen molar-refractivity contribution in [3.05, 3.63) is 48.3 Å². The van der Waals surface area contributed by atoms with E-state index in [2.05, 4.69) is 4.98 Å². The van der Waals surface area contributed by atoms with Gasteiger partial charge < -0.3 is 18.5 Å². The highest BCUT2D eigenvalue weighted by Gasteiger charge is 2.36. The van der Waals surface area contributed by atoms with Gasteiger partial charge in [-0.1, -0.05) is 0 Å². The number of aromatic nitrogens is 2. The summed E-state index contributed by atoms with van der Waals surface area (Å²) in [7, 11) is 0. The average Bonchev–Trinajstić information content (AvgIpc) is 3.42. The summed E-state index contributed by atoms with van der Waals surface area (Å²) in [5.41, 5.74) is -0.588. The van der Waals surface area contributed by atoms with Gasteiger partial charge in [-0.2, -0.15) is 13.2 Å². The van der Waals surface area contributed by atoms with E-state index in [0.717, 1.165) is 6.07 Å². The van der Waals surface area contributed by atoms with Gasteiger partial charge in [0.15, 0.2) is 0 Å². The molecule has 164 valence electrons. The van der Waals surface area contributed by atoms with Gasteiger partial charge in [-0.15, -0.1) is 0 Å². The number of ether oxygens (including phenoxy) is 1. The molecule has 1 amide bonds. The Bertz CT molecular complexity index is 1100. The third-order valence-electron chi connectivity index (χ3n) is 5.33. The maximum absolute atomic E-state index is 13.7. The number of likely N-dealkylation sites (tertiary alicyclic amines) is 1. The van der Waals surface area contributed by atoms with Crippen molar-refractivity contribution < 1.29 is 31.9 Å². The van der Waals surface area contributed by atoms with Gasteiger partial charge in [0.1, 0.15) is 11.3 Å². The fourth-order valence-corrected chi connectivity index (χ4v) is 3.74. The third-order valence-corrected chi connectivity index (χ3v) is 5.33. The Morgan fingerprint density at radius 2 is 1.97 bits per heavy atom. The number of hydrogen-bond acceptors (Lipinski definition) is 5. The summed E-state index contributed by atoms with van der Waals surface area (Å²) < 4.78 is 52.2. The number of nitrogens with zero attached hydrogens (tertiary/aromatic N) is 3. The van der Waals surface area contributed by atoms with E-state index in [1.165, 1.54) is 34.2 Å². The average molecular weight is 435 g/mol. The molecule has 31 heavy (non-hydrogen) atoms. The van der Waals surface area contributed by atoms with Crippen LogP contribution in [0.4, 0.5) is 13.2 Å². The first-order valence-corrected chi connectivity index (χ1v) is 9.86. The topological polar surface area (TPSA) is 77.0 Å². The Labute approximate surface area is 175 Å². The Morgan fingerprint density at radius 1 is 1.23 bits per heavy atom. The Kier molecular flexibility index (Phi) is 5.47. The molecular weight excluding hydrogens is 415 g/mol. The van der Waals surface area contributed by atoms with E-state index in [0.29, 0.717) is 43.7 Å². The molecule has 1 fully saturated rings. The lowest BCUT2D eigenvalue weighted by atomic mass is 9.97. The first-order valence-electron chi connectivity index (χ1n) is 9.86. The number of rotatable bonds is 4. The number of pyridine rings is 1. The molecule has 1 aliphatic rings. The molecule has 3 aromatic heterocycles. The fourth-order valence-electron chi connectivity index (χ4n) is 3.74. The Balaban J connectivity index is 1.62. The van der Waals surface area contributed by atoms with Gasteiger partial charge in [-0.25, -0.2) is 4.98 Å². The van der Waals surface area contributed by atoms with Crippen molar-refractivity contribution in [2.45, 2.75) is 25.9 Å². The highest BCUT2D eigenvalue weighted by Crippen LogP contribution is 2.35. The third kappa shape index (κ3) is 4.14.